The lowest BCUT2D eigenvalue weighted by molar-refractivity contribution is -0.120. The van der Waals surface area contributed by atoms with Crippen molar-refractivity contribution in [1.29, 1.82) is 0 Å². The van der Waals surface area contributed by atoms with Crippen molar-refractivity contribution in [1.82, 2.24) is 10.6 Å². The molecule has 2 aliphatic rings. The Balaban J connectivity index is 1.56. The molecule has 5 nitrogen and oxygen atoms in total. The van der Waals surface area contributed by atoms with E-state index in [9.17, 15) is 18.4 Å². The van der Waals surface area contributed by atoms with Crippen molar-refractivity contribution in [2.75, 3.05) is 11.4 Å². The van der Waals surface area contributed by atoms with Crippen LogP contribution in [0.1, 0.15) is 39.0 Å². The van der Waals surface area contributed by atoms with Crippen LogP contribution in [0.2, 0.25) is 0 Å². The molecule has 7 heteroatoms. The van der Waals surface area contributed by atoms with Gasteiger partial charge in [-0.1, -0.05) is 6.07 Å². The first-order valence-electron chi connectivity index (χ1n) is 8.71. The molecule has 2 fully saturated rings. The summed E-state index contributed by atoms with van der Waals surface area (Å²) in [7, 11) is 0. The number of carbonyl (C=O) groups excluding carboxylic acids is 2. The molecule has 1 unspecified atom stereocenters. The Bertz CT molecular complexity index is 639. The Kier molecular flexibility index (Phi) is 5.32. The fourth-order valence-electron chi connectivity index (χ4n) is 3.81. The average Bonchev–Trinajstić information content (AvgIpc) is 2.89. The van der Waals surface area contributed by atoms with Gasteiger partial charge in [-0.15, -0.1) is 0 Å². The van der Waals surface area contributed by atoms with Gasteiger partial charge in [0.25, 0.3) is 0 Å². The zero-order chi connectivity index (χ0) is 18.0. The van der Waals surface area contributed by atoms with Crippen molar-refractivity contribution in [3.63, 3.8) is 0 Å². The minimum absolute atomic E-state index is 0.0136. The lowest BCUT2D eigenvalue weighted by atomic mass is 9.90. The predicted octanol–water partition coefficient (Wildman–Crippen LogP) is 2.11. The summed E-state index contributed by atoms with van der Waals surface area (Å²) >= 11 is 0. The summed E-state index contributed by atoms with van der Waals surface area (Å²) in [5.41, 5.74) is -0.258. The number of halogens is 2. The highest BCUT2D eigenvalue weighted by molar-refractivity contribution is 5.96. The molecule has 1 saturated heterocycles. The highest BCUT2D eigenvalue weighted by atomic mass is 19.1. The molecule has 1 aliphatic heterocycles. The van der Waals surface area contributed by atoms with Crippen LogP contribution in [0.3, 0.4) is 0 Å². The van der Waals surface area contributed by atoms with Crippen molar-refractivity contribution >= 4 is 17.5 Å². The van der Waals surface area contributed by atoms with Crippen LogP contribution in [-0.4, -0.2) is 36.5 Å². The maximum absolute atomic E-state index is 13.9. The molecular formula is C18H23F2N3O2. The van der Waals surface area contributed by atoms with Crippen LogP contribution in [0.15, 0.2) is 18.2 Å². The molecule has 2 N–H and O–H groups in total. The highest BCUT2D eigenvalue weighted by Gasteiger charge is 2.35. The lowest BCUT2D eigenvalue weighted by Gasteiger charge is -2.31. The molecular weight excluding hydrogens is 328 g/mol. The molecule has 0 aromatic heterocycles. The molecule has 1 aliphatic carbocycles. The van der Waals surface area contributed by atoms with Crippen LogP contribution in [0, 0.1) is 11.6 Å². The highest BCUT2D eigenvalue weighted by Crippen LogP contribution is 2.28. The van der Waals surface area contributed by atoms with Crippen molar-refractivity contribution in [2.24, 2.45) is 0 Å². The first-order chi connectivity index (χ1) is 11.9. The molecule has 0 bridgehead atoms. The minimum atomic E-state index is -0.718. The van der Waals surface area contributed by atoms with E-state index in [0.717, 1.165) is 37.8 Å². The second kappa shape index (κ2) is 7.47. The van der Waals surface area contributed by atoms with Crippen LogP contribution < -0.4 is 15.5 Å². The van der Waals surface area contributed by atoms with Gasteiger partial charge in [0.1, 0.15) is 17.3 Å². The molecule has 0 spiro atoms. The number of rotatable bonds is 4. The molecule has 0 radical (unpaired) electrons. The van der Waals surface area contributed by atoms with Crippen molar-refractivity contribution in [2.45, 2.75) is 57.2 Å². The Labute approximate surface area is 145 Å². The van der Waals surface area contributed by atoms with E-state index in [-0.39, 0.29) is 48.6 Å². The number of benzene rings is 1. The Hall–Kier alpha value is -2.02. The Morgan fingerprint density at radius 3 is 2.28 bits per heavy atom. The molecule has 1 aromatic rings. The number of amides is 2. The summed E-state index contributed by atoms with van der Waals surface area (Å²) in [5, 5.41) is 6.37. The number of nitrogens with zero attached hydrogens (tertiary/aromatic N) is 1. The fourth-order valence-corrected chi connectivity index (χ4v) is 3.81. The van der Waals surface area contributed by atoms with Gasteiger partial charge in [0.2, 0.25) is 11.8 Å². The largest absolute Gasteiger partial charge is 0.354 e. The molecule has 1 heterocycles. The van der Waals surface area contributed by atoms with Gasteiger partial charge < -0.3 is 15.5 Å². The van der Waals surface area contributed by atoms with Crippen LogP contribution >= 0.6 is 0 Å². The van der Waals surface area contributed by atoms with E-state index >= 15 is 0 Å². The number of para-hydroxylation sites is 1. The van der Waals surface area contributed by atoms with Crippen molar-refractivity contribution in [3.05, 3.63) is 29.8 Å². The first-order valence-corrected chi connectivity index (χ1v) is 8.71. The Morgan fingerprint density at radius 1 is 1.08 bits per heavy atom. The molecule has 1 atom stereocenters. The summed E-state index contributed by atoms with van der Waals surface area (Å²) in [6.07, 6.45) is 3.83. The summed E-state index contributed by atoms with van der Waals surface area (Å²) in [6, 6.07) is 3.97. The van der Waals surface area contributed by atoms with E-state index in [1.807, 2.05) is 0 Å². The number of anilines is 1. The minimum Gasteiger partial charge on any atom is -0.354 e. The molecule has 25 heavy (non-hydrogen) atoms. The van der Waals surface area contributed by atoms with E-state index in [1.165, 1.54) is 17.9 Å². The average molecular weight is 351 g/mol. The summed E-state index contributed by atoms with van der Waals surface area (Å²) in [5.74, 6) is -1.72. The number of nitrogens with one attached hydrogen (secondary N) is 2. The third-order valence-corrected chi connectivity index (χ3v) is 4.94. The van der Waals surface area contributed by atoms with E-state index in [0.29, 0.717) is 0 Å². The zero-order valence-electron chi connectivity index (χ0n) is 14.2. The fraction of sp³-hybridized carbons (Fsp3) is 0.556. The van der Waals surface area contributed by atoms with Crippen LogP contribution in [0.5, 0.6) is 0 Å². The van der Waals surface area contributed by atoms with Gasteiger partial charge in [0.05, 0.1) is 0 Å². The van der Waals surface area contributed by atoms with Crippen LogP contribution in [0.25, 0.3) is 0 Å². The van der Waals surface area contributed by atoms with Gasteiger partial charge in [0, 0.05) is 38.0 Å². The normalized spacial score (nSPS) is 26.8. The topological polar surface area (TPSA) is 61.4 Å². The second-order valence-corrected chi connectivity index (χ2v) is 6.89. The number of hydrogen-bond donors (Lipinski definition) is 2. The van der Waals surface area contributed by atoms with Gasteiger partial charge in [-0.3, -0.25) is 9.59 Å². The third-order valence-electron chi connectivity index (χ3n) is 4.94. The Morgan fingerprint density at radius 2 is 1.68 bits per heavy atom. The zero-order valence-corrected chi connectivity index (χ0v) is 14.2. The summed E-state index contributed by atoms with van der Waals surface area (Å²) in [4.78, 5) is 24.5. The van der Waals surface area contributed by atoms with E-state index in [1.54, 1.807) is 0 Å². The standard InChI is InChI=1S/C18H23F2N3O2/c1-11(24)21-12-5-7-13(8-6-12)22-14-9-17(25)23(10-14)18-15(19)3-2-4-16(18)20/h2-4,12-14,22H,5-10H2,1H3,(H,21,24). The molecule has 1 aromatic carbocycles. The van der Waals surface area contributed by atoms with Gasteiger partial charge >= 0.3 is 0 Å². The second-order valence-electron chi connectivity index (χ2n) is 6.89. The number of carbonyl (C=O) groups is 2. The van der Waals surface area contributed by atoms with Crippen LogP contribution in [0.4, 0.5) is 14.5 Å². The summed E-state index contributed by atoms with van der Waals surface area (Å²) in [6.45, 7) is 1.78. The molecule has 136 valence electrons. The maximum Gasteiger partial charge on any atom is 0.228 e. The van der Waals surface area contributed by atoms with Crippen molar-refractivity contribution < 1.29 is 18.4 Å². The lowest BCUT2D eigenvalue weighted by Crippen LogP contribution is -2.45. The first kappa shape index (κ1) is 17.8. The van der Waals surface area contributed by atoms with Gasteiger partial charge in [-0.25, -0.2) is 8.78 Å². The smallest absolute Gasteiger partial charge is 0.228 e. The van der Waals surface area contributed by atoms with Crippen LogP contribution in [-0.2, 0) is 9.59 Å². The van der Waals surface area contributed by atoms with Crippen molar-refractivity contribution in [3.8, 4) is 0 Å². The molecule has 3 rings (SSSR count). The predicted molar refractivity (Wildman–Crippen MR) is 90.1 cm³/mol. The van der Waals surface area contributed by atoms with E-state index < -0.39 is 11.6 Å². The van der Waals surface area contributed by atoms with Gasteiger partial charge in [-0.05, 0) is 37.8 Å². The quantitative estimate of drug-likeness (QED) is 0.873. The monoisotopic (exact) mass is 351 g/mol. The van der Waals surface area contributed by atoms with E-state index in [4.69, 9.17) is 0 Å². The molecule has 1 saturated carbocycles. The molecule has 2 amide bonds. The van der Waals surface area contributed by atoms with E-state index in [2.05, 4.69) is 10.6 Å². The summed E-state index contributed by atoms with van der Waals surface area (Å²) < 4.78 is 27.8. The van der Waals surface area contributed by atoms with Gasteiger partial charge in [-0.2, -0.15) is 0 Å². The SMILES string of the molecule is CC(=O)NC1CCC(NC2CC(=O)N(c3c(F)cccc3F)C2)CC1. The third kappa shape index (κ3) is 4.15. The number of hydrogen-bond acceptors (Lipinski definition) is 3. The van der Waals surface area contributed by atoms with Gasteiger partial charge in [0.15, 0.2) is 0 Å². The maximum atomic E-state index is 13.9.